The number of allylic oxidation sites excluding steroid dienone is 2. The van der Waals surface area contributed by atoms with E-state index in [1.165, 1.54) is 6.33 Å². The van der Waals surface area contributed by atoms with E-state index in [4.69, 9.17) is 21.3 Å². The van der Waals surface area contributed by atoms with E-state index in [0.717, 1.165) is 74.0 Å². The van der Waals surface area contributed by atoms with Gasteiger partial charge in [-0.1, -0.05) is 49.4 Å². The third kappa shape index (κ3) is 5.59. The summed E-state index contributed by atoms with van der Waals surface area (Å²) in [7, 11) is 3.82. The van der Waals surface area contributed by atoms with Crippen molar-refractivity contribution >= 4 is 28.3 Å². The fourth-order valence-corrected chi connectivity index (χ4v) is 7.36. The van der Waals surface area contributed by atoms with E-state index in [1.54, 1.807) is 7.11 Å². The Morgan fingerprint density at radius 3 is 2.44 bits per heavy atom. The number of rotatable bonds is 8. The van der Waals surface area contributed by atoms with Crippen molar-refractivity contribution in [3.8, 4) is 0 Å². The molecule has 3 aliphatic rings. The minimum absolute atomic E-state index is 0.0935. The van der Waals surface area contributed by atoms with Crippen molar-refractivity contribution in [2.24, 2.45) is 11.1 Å². The Balaban J connectivity index is 1.28. The van der Waals surface area contributed by atoms with Gasteiger partial charge in [0.25, 0.3) is 0 Å². The molecule has 3 heterocycles. The molecular weight excluding hydrogens is 540 g/mol. The van der Waals surface area contributed by atoms with Crippen molar-refractivity contribution in [3.05, 3.63) is 66.1 Å². The summed E-state index contributed by atoms with van der Waals surface area (Å²) in [5.74, 6) is 0.0742. The number of piperazine rings is 1. The van der Waals surface area contributed by atoms with Crippen LogP contribution in [0.1, 0.15) is 62.2 Å². The number of aromatic nitrogens is 4. The Morgan fingerprint density at radius 1 is 1.07 bits per heavy atom. The number of carbonyl (C=O) groups excluding carboxylic acids is 1. The van der Waals surface area contributed by atoms with Gasteiger partial charge in [0.1, 0.15) is 17.8 Å². The standard InChI is InChI=1S/C33H44N8O2/c1-22(23-7-5-4-6-8-23)20-33(32(35)42)14-13-24(19-27(33)43-3)29-28-30(34)36-21-37-31(28)41(38-29)26-11-9-25(10-12-26)40-17-15-39(2)16-18-40/h4-8,13-14,19,21-22,25-27H,9-12,15-18,20H2,1-3H3,(H2,35,42)(H2,34,36,37)/t22-,25?,26?,27?,33?/m1/s1. The van der Waals surface area contributed by atoms with E-state index in [1.807, 2.05) is 36.4 Å². The van der Waals surface area contributed by atoms with Crippen LogP contribution in [0, 0.1) is 5.41 Å². The maximum absolute atomic E-state index is 13.1. The first kappa shape index (κ1) is 29.5. The van der Waals surface area contributed by atoms with Gasteiger partial charge in [0.2, 0.25) is 5.91 Å². The van der Waals surface area contributed by atoms with E-state index >= 15 is 0 Å². The van der Waals surface area contributed by atoms with Crippen LogP contribution in [0.3, 0.4) is 0 Å². The molecule has 2 fully saturated rings. The molecule has 0 bridgehead atoms. The molecule has 1 aliphatic heterocycles. The second kappa shape index (κ2) is 12.2. The van der Waals surface area contributed by atoms with Gasteiger partial charge in [0.05, 0.1) is 22.9 Å². The van der Waals surface area contributed by atoms with Gasteiger partial charge in [-0.15, -0.1) is 0 Å². The molecular formula is C33H44N8O2. The lowest BCUT2D eigenvalue weighted by Crippen LogP contribution is -2.49. The average Bonchev–Trinajstić information content (AvgIpc) is 3.43. The number of primary amides is 1. The lowest BCUT2D eigenvalue weighted by Gasteiger charge is -2.41. The molecule has 0 spiro atoms. The van der Waals surface area contributed by atoms with Crippen molar-refractivity contribution < 1.29 is 9.53 Å². The summed E-state index contributed by atoms with van der Waals surface area (Å²) in [6.45, 7) is 6.67. The molecule has 3 atom stereocenters. The van der Waals surface area contributed by atoms with Gasteiger partial charge in [0.15, 0.2) is 5.65 Å². The first-order valence-electron chi connectivity index (χ1n) is 15.5. The molecule has 43 heavy (non-hydrogen) atoms. The van der Waals surface area contributed by atoms with Crippen LogP contribution in [0.25, 0.3) is 16.6 Å². The van der Waals surface area contributed by atoms with Crippen LogP contribution in [-0.2, 0) is 9.53 Å². The number of benzene rings is 1. The van der Waals surface area contributed by atoms with Crippen molar-refractivity contribution in [3.63, 3.8) is 0 Å². The number of nitrogen functional groups attached to an aromatic ring is 1. The highest BCUT2D eigenvalue weighted by Gasteiger charge is 2.45. The summed E-state index contributed by atoms with van der Waals surface area (Å²) in [4.78, 5) is 27.1. The van der Waals surface area contributed by atoms with Crippen LogP contribution < -0.4 is 11.5 Å². The van der Waals surface area contributed by atoms with Crippen LogP contribution in [0.15, 0.2) is 54.9 Å². The number of nitrogens with two attached hydrogens (primary N) is 2. The molecule has 10 heteroatoms. The maximum atomic E-state index is 13.1. The molecule has 6 rings (SSSR count). The largest absolute Gasteiger partial charge is 0.383 e. The first-order valence-corrected chi connectivity index (χ1v) is 15.5. The molecule has 3 aromatic rings. The first-order chi connectivity index (χ1) is 20.8. The monoisotopic (exact) mass is 584 g/mol. The van der Waals surface area contributed by atoms with Gasteiger partial charge < -0.3 is 21.1 Å². The Labute approximate surface area is 253 Å². The molecule has 228 valence electrons. The molecule has 1 saturated heterocycles. The summed E-state index contributed by atoms with van der Waals surface area (Å²) in [6.07, 6.45) is 11.6. The van der Waals surface area contributed by atoms with Crippen molar-refractivity contribution in [1.82, 2.24) is 29.5 Å². The number of nitrogens with zero attached hydrogens (tertiary/aromatic N) is 6. The predicted molar refractivity (Wildman–Crippen MR) is 169 cm³/mol. The number of fused-ring (bicyclic) bond motifs is 1. The Morgan fingerprint density at radius 2 is 1.77 bits per heavy atom. The zero-order chi connectivity index (χ0) is 30.1. The topological polar surface area (TPSA) is 128 Å². The number of amides is 1. The zero-order valence-corrected chi connectivity index (χ0v) is 25.5. The molecule has 2 aliphatic carbocycles. The highest BCUT2D eigenvalue weighted by Crippen LogP contribution is 2.44. The summed E-state index contributed by atoms with van der Waals surface area (Å²) >= 11 is 0. The van der Waals surface area contributed by atoms with Crippen LogP contribution in [0.2, 0.25) is 0 Å². The van der Waals surface area contributed by atoms with Gasteiger partial charge in [-0.05, 0) is 56.7 Å². The van der Waals surface area contributed by atoms with E-state index in [2.05, 4.69) is 50.6 Å². The second-order valence-corrected chi connectivity index (χ2v) is 12.6. The van der Waals surface area contributed by atoms with Crippen LogP contribution in [0.5, 0.6) is 0 Å². The smallest absolute Gasteiger partial charge is 0.230 e. The van der Waals surface area contributed by atoms with E-state index in [9.17, 15) is 4.79 Å². The van der Waals surface area contributed by atoms with Crippen molar-refractivity contribution in [1.29, 1.82) is 0 Å². The minimum atomic E-state index is -1.00. The minimum Gasteiger partial charge on any atom is -0.383 e. The van der Waals surface area contributed by atoms with Crippen LogP contribution in [0.4, 0.5) is 5.82 Å². The van der Waals surface area contributed by atoms with Gasteiger partial charge in [-0.2, -0.15) is 5.10 Å². The lowest BCUT2D eigenvalue weighted by atomic mass is 9.70. The number of anilines is 1. The van der Waals surface area contributed by atoms with Crippen molar-refractivity contribution in [2.75, 3.05) is 46.1 Å². The van der Waals surface area contributed by atoms with Gasteiger partial charge >= 0.3 is 0 Å². The average molecular weight is 585 g/mol. The molecule has 10 nitrogen and oxygen atoms in total. The van der Waals surface area contributed by atoms with Crippen molar-refractivity contribution in [2.45, 2.75) is 63.1 Å². The van der Waals surface area contributed by atoms with Crippen LogP contribution >= 0.6 is 0 Å². The predicted octanol–water partition coefficient (Wildman–Crippen LogP) is 3.77. The number of hydrogen-bond donors (Lipinski definition) is 2. The highest BCUT2D eigenvalue weighted by atomic mass is 16.5. The van der Waals surface area contributed by atoms with E-state index < -0.39 is 17.4 Å². The number of ether oxygens (including phenoxy) is 1. The second-order valence-electron chi connectivity index (χ2n) is 12.6. The Bertz CT molecular complexity index is 1500. The van der Waals surface area contributed by atoms with Gasteiger partial charge in [-0.3, -0.25) is 9.69 Å². The summed E-state index contributed by atoms with van der Waals surface area (Å²) in [6, 6.07) is 11.0. The zero-order valence-electron chi connectivity index (χ0n) is 25.5. The lowest BCUT2D eigenvalue weighted by molar-refractivity contribution is -0.131. The Kier molecular flexibility index (Phi) is 8.35. The number of likely N-dealkylation sites (N-methyl/N-ethyl adjacent to an activating group) is 1. The summed E-state index contributed by atoms with van der Waals surface area (Å²) < 4.78 is 8.03. The van der Waals surface area contributed by atoms with E-state index in [0.29, 0.717) is 24.0 Å². The molecule has 0 radical (unpaired) electrons. The number of hydrogen-bond acceptors (Lipinski definition) is 8. The van der Waals surface area contributed by atoms with Crippen LogP contribution in [-0.4, -0.2) is 87.9 Å². The SMILES string of the molecule is COC1C=C(c2nn(C3CCC(N4CCN(C)CC4)CC3)c3ncnc(N)c23)C=CC1(C[C@@H](C)c1ccccc1)C(N)=O. The molecule has 1 saturated carbocycles. The molecule has 1 amide bonds. The normalized spacial score (nSPS) is 27.7. The van der Waals surface area contributed by atoms with E-state index in [-0.39, 0.29) is 12.0 Å². The molecule has 4 N–H and O–H groups in total. The maximum Gasteiger partial charge on any atom is 0.230 e. The van der Waals surface area contributed by atoms with Gasteiger partial charge in [0, 0.05) is 44.9 Å². The molecule has 1 aromatic carbocycles. The molecule has 2 aromatic heterocycles. The fraction of sp³-hybridized carbons (Fsp3) is 0.515. The highest BCUT2D eigenvalue weighted by molar-refractivity contribution is 5.99. The third-order valence-corrected chi connectivity index (χ3v) is 9.98. The number of carbonyl (C=O) groups is 1. The third-order valence-electron chi connectivity index (χ3n) is 9.98. The summed E-state index contributed by atoms with van der Waals surface area (Å²) in [5, 5.41) is 5.87. The van der Waals surface area contributed by atoms with Gasteiger partial charge in [-0.25, -0.2) is 14.6 Å². The molecule has 2 unspecified atom stereocenters. The fourth-order valence-electron chi connectivity index (χ4n) is 7.36. The quantitative estimate of drug-likeness (QED) is 0.410. The summed E-state index contributed by atoms with van der Waals surface area (Å²) in [5.41, 5.74) is 15.0. The Hall–Kier alpha value is -3.60. The number of methoxy groups -OCH3 is 1.